The van der Waals surface area contributed by atoms with Gasteiger partial charge in [0.25, 0.3) is 0 Å². The molecule has 4 rings (SSSR count). The lowest BCUT2D eigenvalue weighted by Gasteiger charge is -2.16. The molecule has 148 valence electrons. The van der Waals surface area contributed by atoms with Crippen molar-refractivity contribution in [3.05, 3.63) is 53.7 Å². The number of aliphatic hydroxyl groups excluding tert-OH is 1. The van der Waals surface area contributed by atoms with Crippen molar-refractivity contribution in [2.75, 3.05) is 23.8 Å². The Morgan fingerprint density at radius 1 is 1.29 bits per heavy atom. The van der Waals surface area contributed by atoms with Gasteiger partial charge in [-0.15, -0.1) is 0 Å². The molecule has 3 heterocycles. The molecule has 0 bridgehead atoms. The largest absolute Gasteiger partial charge is 0.395 e. The number of aromatic nitrogens is 3. The third-order valence-corrected chi connectivity index (χ3v) is 5.23. The van der Waals surface area contributed by atoms with E-state index < -0.39 is 0 Å². The monoisotopic (exact) mass is 380 g/mol. The van der Waals surface area contributed by atoms with Gasteiger partial charge in [-0.2, -0.15) is 9.61 Å². The molecule has 7 heteroatoms. The second kappa shape index (κ2) is 8.16. The summed E-state index contributed by atoms with van der Waals surface area (Å²) in [4.78, 5) is 4.85. The smallest absolute Gasteiger partial charge is 0.163 e. The number of anilines is 2. The van der Waals surface area contributed by atoms with Crippen LogP contribution in [0.15, 0.2) is 42.6 Å². The van der Waals surface area contributed by atoms with Crippen molar-refractivity contribution in [1.82, 2.24) is 19.9 Å². The van der Waals surface area contributed by atoms with Gasteiger partial charge >= 0.3 is 0 Å². The number of nitrogens with one attached hydrogen (secondary N) is 3. The fourth-order valence-electron chi connectivity index (χ4n) is 3.65. The molecule has 1 saturated heterocycles. The lowest BCUT2D eigenvalue weighted by atomic mass is 10.1. The molecule has 0 aliphatic carbocycles. The lowest BCUT2D eigenvalue weighted by molar-refractivity contribution is 0.254. The molecule has 0 radical (unpaired) electrons. The van der Waals surface area contributed by atoms with E-state index in [2.05, 4.69) is 47.0 Å². The van der Waals surface area contributed by atoms with Gasteiger partial charge in [-0.3, -0.25) is 0 Å². The fraction of sp³-hybridized carbons (Fsp3) is 0.429. The van der Waals surface area contributed by atoms with Gasteiger partial charge in [-0.05, 0) is 17.9 Å². The summed E-state index contributed by atoms with van der Waals surface area (Å²) in [5.74, 6) is 2.08. The average molecular weight is 380 g/mol. The average Bonchev–Trinajstić information content (AvgIpc) is 3.33. The number of hydrogen-bond donors (Lipinski definition) is 4. The van der Waals surface area contributed by atoms with Crippen LogP contribution in [0, 0.1) is 0 Å². The Hall–Kier alpha value is -2.64. The molecule has 2 unspecified atom stereocenters. The third-order valence-electron chi connectivity index (χ3n) is 5.23. The number of hydrogen-bond acceptors (Lipinski definition) is 6. The van der Waals surface area contributed by atoms with E-state index in [0.717, 1.165) is 35.8 Å². The first-order chi connectivity index (χ1) is 13.6. The molecule has 0 saturated carbocycles. The molecule has 4 N–H and O–H groups in total. The van der Waals surface area contributed by atoms with Crippen LogP contribution in [0.5, 0.6) is 0 Å². The Labute approximate surface area is 165 Å². The van der Waals surface area contributed by atoms with E-state index in [0.29, 0.717) is 12.5 Å². The number of rotatable bonds is 7. The van der Waals surface area contributed by atoms with Crippen molar-refractivity contribution in [2.45, 2.75) is 44.8 Å². The standard InChI is InChI=1S/C21H28N6O/c1-14(2)18-12-24-27-20(23-10-15-6-4-3-5-7-15)9-19(26-21(18)27)25-16-8-17(13-28)22-11-16/h3-7,9,12,14,16-17,22-23,28H,8,10-11,13H2,1-2H3,(H,25,26). The highest BCUT2D eigenvalue weighted by Crippen LogP contribution is 2.25. The summed E-state index contributed by atoms with van der Waals surface area (Å²) in [5.41, 5.74) is 3.22. The number of nitrogens with zero attached hydrogens (tertiary/aromatic N) is 3. The molecular weight excluding hydrogens is 352 g/mol. The van der Waals surface area contributed by atoms with Crippen molar-refractivity contribution in [3.8, 4) is 0 Å². The molecule has 7 nitrogen and oxygen atoms in total. The zero-order valence-electron chi connectivity index (χ0n) is 16.4. The van der Waals surface area contributed by atoms with Crippen molar-refractivity contribution >= 4 is 17.3 Å². The topological polar surface area (TPSA) is 86.5 Å². The summed E-state index contributed by atoms with van der Waals surface area (Å²) in [6, 6.07) is 12.7. The summed E-state index contributed by atoms with van der Waals surface area (Å²) < 4.78 is 1.88. The SMILES string of the molecule is CC(C)c1cnn2c(NCc3ccccc3)cc(NC3CNC(CO)C3)nc12. The van der Waals surface area contributed by atoms with E-state index in [4.69, 9.17) is 4.98 Å². The van der Waals surface area contributed by atoms with Crippen molar-refractivity contribution in [1.29, 1.82) is 0 Å². The summed E-state index contributed by atoms with van der Waals surface area (Å²) in [6.45, 7) is 6.01. The fourth-order valence-corrected chi connectivity index (χ4v) is 3.65. The minimum Gasteiger partial charge on any atom is -0.395 e. The number of aliphatic hydroxyl groups is 1. The van der Waals surface area contributed by atoms with Crippen LogP contribution in [-0.2, 0) is 6.54 Å². The Morgan fingerprint density at radius 3 is 2.82 bits per heavy atom. The van der Waals surface area contributed by atoms with Crippen LogP contribution in [0.4, 0.5) is 11.6 Å². The van der Waals surface area contributed by atoms with Gasteiger partial charge in [0, 0.05) is 36.8 Å². The van der Waals surface area contributed by atoms with Crippen LogP contribution in [0.1, 0.15) is 37.3 Å². The van der Waals surface area contributed by atoms with Gasteiger partial charge in [0.15, 0.2) is 5.65 Å². The molecular formula is C21H28N6O. The first-order valence-electron chi connectivity index (χ1n) is 9.91. The zero-order chi connectivity index (χ0) is 19.5. The second-order valence-electron chi connectivity index (χ2n) is 7.72. The highest BCUT2D eigenvalue weighted by molar-refractivity contribution is 5.61. The summed E-state index contributed by atoms with van der Waals surface area (Å²) in [7, 11) is 0. The minimum absolute atomic E-state index is 0.151. The van der Waals surface area contributed by atoms with Crippen molar-refractivity contribution in [3.63, 3.8) is 0 Å². The lowest BCUT2D eigenvalue weighted by Crippen LogP contribution is -2.25. The highest BCUT2D eigenvalue weighted by Gasteiger charge is 2.24. The summed E-state index contributed by atoms with van der Waals surface area (Å²) in [6.07, 6.45) is 2.79. The number of fused-ring (bicyclic) bond motifs is 1. The Bertz CT molecular complexity index is 923. The second-order valence-corrected chi connectivity index (χ2v) is 7.72. The predicted octanol–water partition coefficient (Wildman–Crippen LogP) is 2.60. The maximum Gasteiger partial charge on any atom is 0.163 e. The molecule has 1 aliphatic heterocycles. The molecule has 1 fully saturated rings. The zero-order valence-corrected chi connectivity index (χ0v) is 16.4. The van der Waals surface area contributed by atoms with E-state index in [1.165, 1.54) is 5.56 Å². The van der Waals surface area contributed by atoms with Crippen LogP contribution < -0.4 is 16.0 Å². The molecule has 0 amide bonds. The summed E-state index contributed by atoms with van der Waals surface area (Å²) in [5, 5.41) is 24.3. The molecule has 2 aromatic heterocycles. The van der Waals surface area contributed by atoms with E-state index in [-0.39, 0.29) is 18.7 Å². The molecule has 2 atom stereocenters. The normalized spacial score (nSPS) is 19.4. The van der Waals surface area contributed by atoms with Gasteiger partial charge in [-0.25, -0.2) is 4.98 Å². The Morgan fingerprint density at radius 2 is 2.11 bits per heavy atom. The Balaban J connectivity index is 1.62. The predicted molar refractivity (Wildman–Crippen MR) is 112 cm³/mol. The molecule has 0 spiro atoms. The third kappa shape index (κ3) is 3.95. The van der Waals surface area contributed by atoms with Gasteiger partial charge < -0.3 is 21.1 Å². The molecule has 1 aromatic carbocycles. The van der Waals surface area contributed by atoms with Crippen molar-refractivity contribution < 1.29 is 5.11 Å². The van der Waals surface area contributed by atoms with Crippen LogP contribution in [0.2, 0.25) is 0 Å². The van der Waals surface area contributed by atoms with Crippen molar-refractivity contribution in [2.24, 2.45) is 0 Å². The van der Waals surface area contributed by atoms with Crippen LogP contribution in [0.3, 0.4) is 0 Å². The maximum absolute atomic E-state index is 9.36. The maximum atomic E-state index is 9.36. The van der Waals surface area contributed by atoms with Gasteiger partial charge in [0.1, 0.15) is 11.6 Å². The summed E-state index contributed by atoms with van der Waals surface area (Å²) >= 11 is 0. The van der Waals surface area contributed by atoms with Crippen LogP contribution in [-0.4, -0.2) is 44.9 Å². The number of benzene rings is 1. The quantitative estimate of drug-likeness (QED) is 0.504. The first kappa shape index (κ1) is 18.7. The van der Waals surface area contributed by atoms with E-state index in [1.54, 1.807) is 0 Å². The minimum atomic E-state index is 0.151. The van der Waals surface area contributed by atoms with Gasteiger partial charge in [-0.1, -0.05) is 44.2 Å². The van der Waals surface area contributed by atoms with Gasteiger partial charge in [0.2, 0.25) is 0 Å². The van der Waals surface area contributed by atoms with E-state index >= 15 is 0 Å². The molecule has 3 aromatic rings. The van der Waals surface area contributed by atoms with E-state index in [1.807, 2.05) is 35.0 Å². The highest BCUT2D eigenvalue weighted by atomic mass is 16.3. The molecule has 28 heavy (non-hydrogen) atoms. The first-order valence-corrected chi connectivity index (χ1v) is 9.91. The Kier molecular flexibility index (Phi) is 5.45. The van der Waals surface area contributed by atoms with Crippen LogP contribution >= 0.6 is 0 Å². The molecule has 1 aliphatic rings. The van der Waals surface area contributed by atoms with Crippen LogP contribution in [0.25, 0.3) is 5.65 Å². The van der Waals surface area contributed by atoms with Gasteiger partial charge in [0.05, 0.1) is 12.8 Å². The van der Waals surface area contributed by atoms with E-state index in [9.17, 15) is 5.11 Å².